The van der Waals surface area contributed by atoms with Gasteiger partial charge in [-0.2, -0.15) is 5.10 Å². The van der Waals surface area contributed by atoms with Crippen LogP contribution in [0.3, 0.4) is 0 Å². The molecular formula is C14H24N4O. The number of amides is 1. The van der Waals surface area contributed by atoms with Gasteiger partial charge < -0.3 is 10.6 Å². The molecule has 0 atom stereocenters. The SMILES string of the molecule is Cn1nccc1C(=O)NCCNC1CCCCCC1. The molecule has 0 saturated heterocycles. The van der Waals surface area contributed by atoms with Crippen LogP contribution in [0.4, 0.5) is 0 Å². The number of nitrogens with one attached hydrogen (secondary N) is 2. The van der Waals surface area contributed by atoms with Crippen molar-refractivity contribution in [3.05, 3.63) is 18.0 Å². The van der Waals surface area contributed by atoms with Crippen LogP contribution >= 0.6 is 0 Å². The van der Waals surface area contributed by atoms with E-state index in [0.717, 1.165) is 6.54 Å². The van der Waals surface area contributed by atoms with Crippen LogP contribution in [0, 0.1) is 0 Å². The minimum absolute atomic E-state index is 0.0531. The van der Waals surface area contributed by atoms with Crippen LogP contribution in [0.5, 0.6) is 0 Å². The average molecular weight is 264 g/mol. The van der Waals surface area contributed by atoms with Crippen molar-refractivity contribution in [2.24, 2.45) is 7.05 Å². The Balaban J connectivity index is 1.64. The van der Waals surface area contributed by atoms with E-state index in [-0.39, 0.29) is 5.91 Å². The molecule has 0 spiro atoms. The summed E-state index contributed by atoms with van der Waals surface area (Å²) >= 11 is 0. The Morgan fingerprint density at radius 1 is 1.32 bits per heavy atom. The van der Waals surface area contributed by atoms with E-state index in [1.54, 1.807) is 24.0 Å². The average Bonchev–Trinajstić information content (AvgIpc) is 2.68. The number of aromatic nitrogens is 2. The molecule has 106 valence electrons. The van der Waals surface area contributed by atoms with Gasteiger partial charge in [-0.1, -0.05) is 25.7 Å². The number of rotatable bonds is 5. The highest BCUT2D eigenvalue weighted by Gasteiger charge is 2.12. The van der Waals surface area contributed by atoms with Gasteiger partial charge in [-0.3, -0.25) is 9.48 Å². The molecule has 0 radical (unpaired) electrons. The first kappa shape index (κ1) is 14.1. The quantitative estimate of drug-likeness (QED) is 0.625. The second-order valence-electron chi connectivity index (χ2n) is 5.24. The zero-order valence-corrected chi connectivity index (χ0v) is 11.7. The maximum absolute atomic E-state index is 11.8. The molecule has 5 nitrogen and oxygen atoms in total. The first-order chi connectivity index (χ1) is 9.27. The third-order valence-electron chi connectivity index (χ3n) is 3.75. The van der Waals surface area contributed by atoms with Crippen molar-refractivity contribution < 1.29 is 4.79 Å². The first-order valence-electron chi connectivity index (χ1n) is 7.27. The summed E-state index contributed by atoms with van der Waals surface area (Å²) in [4.78, 5) is 11.8. The topological polar surface area (TPSA) is 59.0 Å². The maximum Gasteiger partial charge on any atom is 0.269 e. The summed E-state index contributed by atoms with van der Waals surface area (Å²) in [7, 11) is 1.78. The third-order valence-corrected chi connectivity index (χ3v) is 3.75. The number of hydrogen-bond donors (Lipinski definition) is 2. The van der Waals surface area contributed by atoms with Crippen molar-refractivity contribution in [1.82, 2.24) is 20.4 Å². The van der Waals surface area contributed by atoms with Crippen molar-refractivity contribution in [1.29, 1.82) is 0 Å². The van der Waals surface area contributed by atoms with Crippen LogP contribution in [-0.2, 0) is 7.05 Å². The van der Waals surface area contributed by atoms with E-state index in [2.05, 4.69) is 15.7 Å². The predicted octanol–water partition coefficient (Wildman–Crippen LogP) is 1.46. The van der Waals surface area contributed by atoms with Gasteiger partial charge in [0.05, 0.1) is 0 Å². The number of aryl methyl sites for hydroxylation is 1. The van der Waals surface area contributed by atoms with Crippen LogP contribution in [0.25, 0.3) is 0 Å². The molecule has 0 bridgehead atoms. The maximum atomic E-state index is 11.8. The Morgan fingerprint density at radius 3 is 2.68 bits per heavy atom. The molecule has 2 rings (SSSR count). The van der Waals surface area contributed by atoms with Gasteiger partial charge in [0, 0.05) is 32.4 Å². The summed E-state index contributed by atoms with van der Waals surface area (Å²) in [6, 6.07) is 2.37. The van der Waals surface area contributed by atoms with E-state index in [0.29, 0.717) is 18.3 Å². The zero-order chi connectivity index (χ0) is 13.5. The lowest BCUT2D eigenvalue weighted by molar-refractivity contribution is 0.0944. The van der Waals surface area contributed by atoms with E-state index >= 15 is 0 Å². The van der Waals surface area contributed by atoms with E-state index in [1.165, 1.54) is 38.5 Å². The number of carbonyl (C=O) groups is 1. The molecular weight excluding hydrogens is 240 g/mol. The van der Waals surface area contributed by atoms with E-state index in [4.69, 9.17) is 0 Å². The molecule has 19 heavy (non-hydrogen) atoms. The summed E-state index contributed by atoms with van der Waals surface area (Å²) in [5.74, 6) is -0.0531. The summed E-state index contributed by atoms with van der Waals surface area (Å²) in [6.07, 6.45) is 9.59. The van der Waals surface area contributed by atoms with Crippen LogP contribution in [-0.4, -0.2) is 34.8 Å². The molecule has 0 unspecified atom stereocenters. The molecule has 0 aliphatic heterocycles. The van der Waals surface area contributed by atoms with Crippen molar-refractivity contribution in [3.63, 3.8) is 0 Å². The highest BCUT2D eigenvalue weighted by atomic mass is 16.2. The van der Waals surface area contributed by atoms with Crippen LogP contribution in [0.2, 0.25) is 0 Å². The van der Waals surface area contributed by atoms with Gasteiger partial charge >= 0.3 is 0 Å². The number of hydrogen-bond acceptors (Lipinski definition) is 3. The number of carbonyl (C=O) groups excluding carboxylic acids is 1. The Morgan fingerprint density at radius 2 is 2.05 bits per heavy atom. The van der Waals surface area contributed by atoms with Crippen molar-refractivity contribution in [2.75, 3.05) is 13.1 Å². The van der Waals surface area contributed by atoms with Crippen LogP contribution < -0.4 is 10.6 Å². The smallest absolute Gasteiger partial charge is 0.269 e. The molecule has 0 aromatic carbocycles. The molecule has 1 amide bonds. The normalized spacial score (nSPS) is 17.1. The fourth-order valence-corrected chi connectivity index (χ4v) is 2.62. The molecule has 1 aromatic heterocycles. The lowest BCUT2D eigenvalue weighted by atomic mass is 10.1. The summed E-state index contributed by atoms with van der Waals surface area (Å²) in [5, 5.41) is 10.4. The van der Waals surface area contributed by atoms with E-state index in [9.17, 15) is 4.79 Å². The van der Waals surface area contributed by atoms with Gasteiger partial charge in [0.15, 0.2) is 0 Å². The van der Waals surface area contributed by atoms with Gasteiger partial charge in [-0.05, 0) is 18.9 Å². The van der Waals surface area contributed by atoms with Gasteiger partial charge in [-0.15, -0.1) is 0 Å². The van der Waals surface area contributed by atoms with Gasteiger partial charge in [0.25, 0.3) is 5.91 Å². The molecule has 1 aromatic rings. The molecule has 1 aliphatic rings. The van der Waals surface area contributed by atoms with Crippen molar-refractivity contribution >= 4 is 5.91 Å². The molecule has 5 heteroatoms. The molecule has 1 heterocycles. The molecule has 1 fully saturated rings. The fourth-order valence-electron chi connectivity index (χ4n) is 2.62. The summed E-state index contributed by atoms with van der Waals surface area (Å²) < 4.78 is 1.59. The lowest BCUT2D eigenvalue weighted by Crippen LogP contribution is -2.37. The predicted molar refractivity (Wildman–Crippen MR) is 75.0 cm³/mol. The summed E-state index contributed by atoms with van der Waals surface area (Å²) in [5.41, 5.74) is 0.606. The van der Waals surface area contributed by atoms with Crippen LogP contribution in [0.15, 0.2) is 12.3 Å². The van der Waals surface area contributed by atoms with Gasteiger partial charge in [0.2, 0.25) is 0 Å². The Labute approximate surface area is 114 Å². The standard InChI is InChI=1S/C14H24N4O/c1-18-13(8-9-17-18)14(19)16-11-10-15-12-6-4-2-3-5-7-12/h8-9,12,15H,2-7,10-11H2,1H3,(H,16,19). The number of nitrogens with zero attached hydrogens (tertiary/aromatic N) is 2. The van der Waals surface area contributed by atoms with E-state index < -0.39 is 0 Å². The zero-order valence-electron chi connectivity index (χ0n) is 11.7. The lowest BCUT2D eigenvalue weighted by Gasteiger charge is -2.16. The molecule has 1 aliphatic carbocycles. The molecule has 2 N–H and O–H groups in total. The van der Waals surface area contributed by atoms with Gasteiger partial charge in [-0.25, -0.2) is 0 Å². The third kappa shape index (κ3) is 4.35. The largest absolute Gasteiger partial charge is 0.349 e. The Bertz CT molecular complexity index is 394. The molecule has 1 saturated carbocycles. The van der Waals surface area contributed by atoms with Gasteiger partial charge in [0.1, 0.15) is 5.69 Å². The Hall–Kier alpha value is -1.36. The fraction of sp³-hybridized carbons (Fsp3) is 0.714. The minimum Gasteiger partial charge on any atom is -0.349 e. The minimum atomic E-state index is -0.0531. The monoisotopic (exact) mass is 264 g/mol. The highest BCUT2D eigenvalue weighted by molar-refractivity contribution is 5.92. The van der Waals surface area contributed by atoms with Crippen molar-refractivity contribution in [3.8, 4) is 0 Å². The Kier molecular flexibility index (Phi) is 5.39. The first-order valence-corrected chi connectivity index (χ1v) is 7.27. The highest BCUT2D eigenvalue weighted by Crippen LogP contribution is 2.16. The van der Waals surface area contributed by atoms with E-state index in [1.807, 2.05) is 0 Å². The second kappa shape index (κ2) is 7.28. The second-order valence-corrected chi connectivity index (χ2v) is 5.24. The summed E-state index contributed by atoms with van der Waals surface area (Å²) in [6.45, 7) is 1.51. The van der Waals surface area contributed by atoms with Crippen molar-refractivity contribution in [2.45, 2.75) is 44.6 Å². The van der Waals surface area contributed by atoms with Crippen LogP contribution in [0.1, 0.15) is 49.0 Å².